The van der Waals surface area contributed by atoms with Gasteiger partial charge in [0.05, 0.1) is 17.7 Å². The molecule has 1 heterocycles. The first-order valence-corrected chi connectivity index (χ1v) is 10.1. The molecule has 0 saturated heterocycles. The Hall–Kier alpha value is -3.38. The van der Waals surface area contributed by atoms with Crippen molar-refractivity contribution in [2.24, 2.45) is 0 Å². The van der Waals surface area contributed by atoms with Crippen molar-refractivity contribution >= 4 is 33.8 Å². The average molecular weight is 465 g/mol. The number of ketones is 1. The van der Waals surface area contributed by atoms with E-state index in [0.717, 1.165) is 10.0 Å². The van der Waals surface area contributed by atoms with Crippen LogP contribution in [-0.2, 0) is 0 Å². The van der Waals surface area contributed by atoms with E-state index in [-0.39, 0.29) is 11.5 Å². The Morgan fingerprint density at radius 2 is 1.83 bits per heavy atom. The second kappa shape index (κ2) is 8.55. The molecule has 3 aromatic rings. The minimum absolute atomic E-state index is 0.188. The number of halogens is 1. The number of ether oxygens (including phenoxy) is 3. The molecule has 0 radical (unpaired) electrons. The van der Waals surface area contributed by atoms with Gasteiger partial charge in [0.15, 0.2) is 5.76 Å². The normalized spacial score (nSPS) is 13.7. The van der Waals surface area contributed by atoms with Crippen LogP contribution in [0.2, 0.25) is 0 Å². The van der Waals surface area contributed by atoms with E-state index in [9.17, 15) is 9.59 Å². The van der Waals surface area contributed by atoms with Crippen molar-refractivity contribution in [3.05, 3.63) is 93.7 Å². The van der Waals surface area contributed by atoms with E-state index < -0.39 is 5.97 Å². The highest BCUT2D eigenvalue weighted by Crippen LogP contribution is 2.36. The molecular weight excluding hydrogens is 448 g/mol. The van der Waals surface area contributed by atoms with Crippen molar-refractivity contribution in [1.82, 2.24) is 0 Å². The Morgan fingerprint density at radius 3 is 2.60 bits per heavy atom. The molecule has 6 heteroatoms. The zero-order valence-corrected chi connectivity index (χ0v) is 17.6. The summed E-state index contributed by atoms with van der Waals surface area (Å²) in [5, 5.41) is 0. The van der Waals surface area contributed by atoms with Gasteiger partial charge in [-0.25, -0.2) is 4.79 Å². The Balaban J connectivity index is 1.55. The zero-order chi connectivity index (χ0) is 21.1. The number of Topliss-reactive ketones (excluding diaryl/α,β-unsaturated/α-hetero) is 1. The molecule has 0 amide bonds. The van der Waals surface area contributed by atoms with E-state index in [0.29, 0.717) is 35.0 Å². The van der Waals surface area contributed by atoms with Crippen molar-refractivity contribution in [1.29, 1.82) is 0 Å². The Kier molecular flexibility index (Phi) is 5.68. The highest BCUT2D eigenvalue weighted by molar-refractivity contribution is 9.10. The molecule has 0 fully saturated rings. The summed E-state index contributed by atoms with van der Waals surface area (Å²) in [6.45, 7) is 2.41. The molecule has 1 aliphatic rings. The third-order valence-electron chi connectivity index (χ3n) is 4.44. The van der Waals surface area contributed by atoms with Crippen LogP contribution in [0.3, 0.4) is 0 Å². The molecular formula is C24H17BrO5. The number of hydrogen-bond donors (Lipinski definition) is 0. The largest absolute Gasteiger partial charge is 0.493 e. The molecule has 4 rings (SSSR count). The van der Waals surface area contributed by atoms with Gasteiger partial charge in [-0.15, -0.1) is 0 Å². The fourth-order valence-corrected chi connectivity index (χ4v) is 3.27. The van der Waals surface area contributed by atoms with Crippen molar-refractivity contribution in [2.45, 2.75) is 6.92 Å². The van der Waals surface area contributed by atoms with Crippen LogP contribution in [0.15, 0.2) is 77.0 Å². The lowest BCUT2D eigenvalue weighted by Crippen LogP contribution is -2.08. The molecule has 0 atom stereocenters. The Labute approximate surface area is 182 Å². The average Bonchev–Trinajstić information content (AvgIpc) is 3.05. The van der Waals surface area contributed by atoms with Crippen LogP contribution in [0.25, 0.3) is 6.08 Å². The molecule has 3 aromatic carbocycles. The van der Waals surface area contributed by atoms with Crippen molar-refractivity contribution < 1.29 is 23.8 Å². The van der Waals surface area contributed by atoms with Crippen LogP contribution >= 0.6 is 15.9 Å². The quantitative estimate of drug-likeness (QED) is 0.276. The number of benzene rings is 3. The molecule has 150 valence electrons. The zero-order valence-electron chi connectivity index (χ0n) is 16.1. The summed E-state index contributed by atoms with van der Waals surface area (Å²) in [6.07, 6.45) is 1.65. The molecule has 0 aromatic heterocycles. The second-order valence-electron chi connectivity index (χ2n) is 6.46. The second-order valence-corrected chi connectivity index (χ2v) is 7.38. The molecule has 30 heavy (non-hydrogen) atoms. The maximum Gasteiger partial charge on any atom is 0.343 e. The van der Waals surface area contributed by atoms with Gasteiger partial charge in [0.2, 0.25) is 5.78 Å². The third kappa shape index (κ3) is 4.14. The number of fused-ring (bicyclic) bond motifs is 1. The molecule has 0 aliphatic carbocycles. The summed E-state index contributed by atoms with van der Waals surface area (Å²) in [6, 6.07) is 19.0. The highest BCUT2D eigenvalue weighted by atomic mass is 79.9. The van der Waals surface area contributed by atoms with Gasteiger partial charge in [0.25, 0.3) is 0 Å². The summed E-state index contributed by atoms with van der Waals surface area (Å²) in [5.41, 5.74) is 1.58. The van der Waals surface area contributed by atoms with Gasteiger partial charge >= 0.3 is 5.97 Å². The fourth-order valence-electron chi connectivity index (χ4n) is 3.01. The van der Waals surface area contributed by atoms with Gasteiger partial charge in [0.1, 0.15) is 17.2 Å². The lowest BCUT2D eigenvalue weighted by molar-refractivity contribution is 0.0734. The number of para-hydroxylation sites is 1. The predicted octanol–water partition coefficient (Wildman–Crippen LogP) is 5.68. The summed E-state index contributed by atoms with van der Waals surface area (Å²) >= 11 is 3.33. The van der Waals surface area contributed by atoms with E-state index >= 15 is 0 Å². The summed E-state index contributed by atoms with van der Waals surface area (Å²) in [5.74, 6) is 0.777. The first-order valence-electron chi connectivity index (χ1n) is 9.33. The van der Waals surface area contributed by atoms with Gasteiger partial charge in [-0.2, -0.15) is 0 Å². The monoisotopic (exact) mass is 464 g/mol. The van der Waals surface area contributed by atoms with E-state index in [1.807, 2.05) is 31.2 Å². The SMILES string of the molecule is CCOc1ccccc1C=C1Oc2cc(OC(=O)c3ccc(Br)cc3)ccc2C1=O. The smallest absolute Gasteiger partial charge is 0.343 e. The van der Waals surface area contributed by atoms with E-state index in [1.54, 1.807) is 48.5 Å². The molecule has 5 nitrogen and oxygen atoms in total. The molecule has 0 N–H and O–H groups in total. The van der Waals surface area contributed by atoms with Gasteiger partial charge in [-0.05, 0) is 55.5 Å². The minimum atomic E-state index is -0.492. The topological polar surface area (TPSA) is 61.8 Å². The maximum atomic E-state index is 12.7. The van der Waals surface area contributed by atoms with E-state index in [2.05, 4.69) is 15.9 Å². The number of hydrogen-bond acceptors (Lipinski definition) is 5. The van der Waals surface area contributed by atoms with Gasteiger partial charge < -0.3 is 14.2 Å². The molecule has 0 saturated carbocycles. The standard InChI is InChI=1S/C24H17BrO5/c1-2-28-20-6-4-3-5-16(20)13-22-23(26)19-12-11-18(14-21(19)30-22)29-24(27)15-7-9-17(25)10-8-15/h3-14H,2H2,1H3. The van der Waals surface area contributed by atoms with Crippen LogP contribution in [0, 0.1) is 0 Å². The minimum Gasteiger partial charge on any atom is -0.493 e. The summed E-state index contributed by atoms with van der Waals surface area (Å²) < 4.78 is 17.6. The number of esters is 1. The van der Waals surface area contributed by atoms with Crippen LogP contribution in [0.1, 0.15) is 33.2 Å². The summed E-state index contributed by atoms with van der Waals surface area (Å²) in [7, 11) is 0. The first kappa shape index (κ1) is 19.9. The van der Waals surface area contributed by atoms with Crippen LogP contribution < -0.4 is 14.2 Å². The third-order valence-corrected chi connectivity index (χ3v) is 4.97. The fraction of sp³-hybridized carbons (Fsp3) is 0.0833. The van der Waals surface area contributed by atoms with Crippen LogP contribution in [0.5, 0.6) is 17.2 Å². The first-order chi connectivity index (χ1) is 14.5. The van der Waals surface area contributed by atoms with Crippen molar-refractivity contribution in [3.8, 4) is 17.2 Å². The lowest BCUT2D eigenvalue weighted by Gasteiger charge is -2.07. The Bertz CT molecular complexity index is 1150. The van der Waals surface area contributed by atoms with E-state index in [4.69, 9.17) is 14.2 Å². The molecule has 0 spiro atoms. The van der Waals surface area contributed by atoms with E-state index in [1.165, 1.54) is 0 Å². The molecule has 1 aliphatic heterocycles. The van der Waals surface area contributed by atoms with Gasteiger partial charge in [0, 0.05) is 16.1 Å². The maximum absolute atomic E-state index is 12.7. The van der Waals surface area contributed by atoms with Gasteiger partial charge in [-0.3, -0.25) is 4.79 Å². The molecule has 0 unspecified atom stereocenters. The van der Waals surface area contributed by atoms with Gasteiger partial charge in [-0.1, -0.05) is 34.1 Å². The number of allylic oxidation sites excluding steroid dienone is 1. The molecule has 0 bridgehead atoms. The van der Waals surface area contributed by atoms with Crippen LogP contribution in [0.4, 0.5) is 0 Å². The number of carbonyl (C=O) groups excluding carboxylic acids is 2. The van der Waals surface area contributed by atoms with Crippen molar-refractivity contribution in [2.75, 3.05) is 6.61 Å². The lowest BCUT2D eigenvalue weighted by atomic mass is 10.1. The number of carbonyl (C=O) groups is 2. The summed E-state index contributed by atoms with van der Waals surface area (Å²) in [4.78, 5) is 25.0. The predicted molar refractivity (Wildman–Crippen MR) is 116 cm³/mol. The Morgan fingerprint density at radius 1 is 1.07 bits per heavy atom. The highest BCUT2D eigenvalue weighted by Gasteiger charge is 2.28. The number of rotatable bonds is 5. The van der Waals surface area contributed by atoms with Crippen LogP contribution in [-0.4, -0.2) is 18.4 Å². The van der Waals surface area contributed by atoms with Crippen molar-refractivity contribution in [3.63, 3.8) is 0 Å².